The fourth-order valence-electron chi connectivity index (χ4n) is 1.24. The number of halogens is 2. The molecule has 0 amide bonds. The summed E-state index contributed by atoms with van der Waals surface area (Å²) in [6, 6.07) is 4.34. The molecule has 0 aliphatic carbocycles. The highest BCUT2D eigenvalue weighted by Gasteiger charge is 2.18. The van der Waals surface area contributed by atoms with E-state index < -0.39 is 15.7 Å². The molecule has 0 saturated heterocycles. The molecule has 7 heteroatoms. The van der Waals surface area contributed by atoms with Gasteiger partial charge in [0, 0.05) is 6.07 Å². The van der Waals surface area contributed by atoms with Crippen LogP contribution in [-0.2, 0) is 16.0 Å². The summed E-state index contributed by atoms with van der Waals surface area (Å²) in [5.41, 5.74) is 0.562. The maximum atomic E-state index is 11.2. The van der Waals surface area contributed by atoms with Crippen molar-refractivity contribution < 1.29 is 14.5 Å². The lowest BCUT2D eigenvalue weighted by Crippen LogP contribution is -2.18. The predicted molar refractivity (Wildman–Crippen MR) is 66.5 cm³/mol. The zero-order valence-electron chi connectivity index (χ0n) is 8.85. The van der Waals surface area contributed by atoms with Crippen LogP contribution in [0.15, 0.2) is 18.2 Å². The van der Waals surface area contributed by atoms with Gasteiger partial charge in [-0.05, 0) is 18.1 Å². The Hall–Kier alpha value is -1.14. The monoisotopic (exact) mass is 321 g/mol. The maximum Gasteiger partial charge on any atom is 0.319 e. The van der Waals surface area contributed by atoms with Gasteiger partial charge in [0.05, 0.1) is 12.0 Å². The highest BCUT2D eigenvalue weighted by molar-refractivity contribution is 9.10. The second-order valence-electron chi connectivity index (χ2n) is 3.24. The largest absolute Gasteiger partial charge is 0.468 e. The van der Waals surface area contributed by atoms with E-state index in [0.717, 1.165) is 0 Å². The predicted octanol–water partition coefficient (Wildman–Crippen LogP) is 2.73. The molecular formula is C10H9BrClNO4. The van der Waals surface area contributed by atoms with Gasteiger partial charge >= 0.3 is 5.97 Å². The molecule has 1 atom stereocenters. The molecule has 1 unspecified atom stereocenters. The topological polar surface area (TPSA) is 69.4 Å². The van der Waals surface area contributed by atoms with Gasteiger partial charge < -0.3 is 4.74 Å². The van der Waals surface area contributed by atoms with E-state index in [0.29, 0.717) is 12.0 Å². The number of nitrogens with zero attached hydrogens (tertiary/aromatic N) is 1. The standard InChI is InChI=1S/C10H9BrClNO4/c1-17-10(14)7(11)4-6-2-3-9(13(15)16)8(12)5-6/h2-3,5,7H,4H2,1H3. The van der Waals surface area contributed by atoms with Crippen molar-refractivity contribution in [1.82, 2.24) is 0 Å². The van der Waals surface area contributed by atoms with E-state index in [2.05, 4.69) is 20.7 Å². The van der Waals surface area contributed by atoms with E-state index in [1.807, 2.05) is 0 Å². The number of ether oxygens (including phenoxy) is 1. The molecule has 1 aromatic rings. The first-order valence-electron chi connectivity index (χ1n) is 4.60. The van der Waals surface area contributed by atoms with Crippen LogP contribution in [0.5, 0.6) is 0 Å². The van der Waals surface area contributed by atoms with E-state index in [-0.39, 0.29) is 10.7 Å². The summed E-state index contributed by atoms with van der Waals surface area (Å²) in [5.74, 6) is -0.403. The number of carbonyl (C=O) groups excluding carboxylic acids is 1. The Labute approximate surface area is 111 Å². The van der Waals surface area contributed by atoms with Crippen molar-refractivity contribution in [3.05, 3.63) is 38.9 Å². The number of hydrogen-bond donors (Lipinski definition) is 0. The molecule has 0 aliphatic rings. The first-order valence-corrected chi connectivity index (χ1v) is 5.89. The third kappa shape index (κ3) is 3.67. The molecule has 1 aromatic carbocycles. The maximum absolute atomic E-state index is 11.2. The number of nitro benzene ring substituents is 1. The lowest BCUT2D eigenvalue weighted by molar-refractivity contribution is -0.384. The number of alkyl halides is 1. The molecule has 5 nitrogen and oxygen atoms in total. The van der Waals surface area contributed by atoms with Gasteiger partial charge in [0.2, 0.25) is 0 Å². The van der Waals surface area contributed by atoms with Crippen molar-refractivity contribution in [2.75, 3.05) is 7.11 Å². The van der Waals surface area contributed by atoms with E-state index in [9.17, 15) is 14.9 Å². The van der Waals surface area contributed by atoms with E-state index >= 15 is 0 Å². The number of hydrogen-bond acceptors (Lipinski definition) is 4. The normalized spacial score (nSPS) is 11.9. The van der Waals surface area contributed by atoms with Gasteiger partial charge in [-0.2, -0.15) is 0 Å². The van der Waals surface area contributed by atoms with Crippen molar-refractivity contribution >= 4 is 39.2 Å². The van der Waals surface area contributed by atoms with Crippen LogP contribution >= 0.6 is 27.5 Å². The fourth-order valence-corrected chi connectivity index (χ4v) is 2.08. The summed E-state index contributed by atoms with van der Waals surface area (Å²) >= 11 is 8.91. The fraction of sp³-hybridized carbons (Fsp3) is 0.300. The van der Waals surface area contributed by atoms with Crippen LogP contribution in [0, 0.1) is 10.1 Å². The first kappa shape index (κ1) is 13.9. The molecule has 0 fully saturated rings. The third-order valence-electron chi connectivity index (χ3n) is 2.08. The molecule has 0 aromatic heterocycles. The summed E-state index contributed by atoms with van der Waals surface area (Å²) in [7, 11) is 1.29. The number of nitro groups is 1. The molecule has 17 heavy (non-hydrogen) atoms. The SMILES string of the molecule is COC(=O)C(Br)Cc1ccc([N+](=O)[O-])c(Cl)c1. The van der Waals surface area contributed by atoms with E-state index in [4.69, 9.17) is 11.6 Å². The molecule has 0 aliphatic heterocycles. The van der Waals surface area contributed by atoms with Gasteiger partial charge in [-0.25, -0.2) is 0 Å². The number of benzene rings is 1. The first-order chi connectivity index (χ1) is 7.95. The van der Waals surface area contributed by atoms with Gasteiger partial charge in [-0.3, -0.25) is 14.9 Å². The number of methoxy groups -OCH3 is 1. The smallest absolute Gasteiger partial charge is 0.319 e. The summed E-state index contributed by atoms with van der Waals surface area (Å²) in [4.78, 5) is 20.7. The van der Waals surface area contributed by atoms with Crippen LogP contribution in [0.1, 0.15) is 5.56 Å². The molecule has 0 saturated carbocycles. The number of esters is 1. The van der Waals surface area contributed by atoms with Crippen LogP contribution in [0.25, 0.3) is 0 Å². The molecule has 0 bridgehead atoms. The average molecular weight is 323 g/mol. The lowest BCUT2D eigenvalue weighted by Gasteiger charge is -2.07. The second-order valence-corrected chi connectivity index (χ2v) is 4.75. The minimum atomic E-state index is -0.558. The third-order valence-corrected chi connectivity index (χ3v) is 3.08. The Bertz CT molecular complexity index is 452. The van der Waals surface area contributed by atoms with Crippen LogP contribution in [0.3, 0.4) is 0 Å². The molecule has 1 rings (SSSR count). The van der Waals surface area contributed by atoms with Gasteiger partial charge in [-0.15, -0.1) is 0 Å². The van der Waals surface area contributed by atoms with Crippen molar-refractivity contribution in [2.24, 2.45) is 0 Å². The highest BCUT2D eigenvalue weighted by Crippen LogP contribution is 2.26. The molecule has 0 spiro atoms. The summed E-state index contributed by atoms with van der Waals surface area (Å²) in [5, 5.41) is 10.6. The van der Waals surface area contributed by atoms with Crippen LogP contribution in [0.4, 0.5) is 5.69 Å². The van der Waals surface area contributed by atoms with E-state index in [1.165, 1.54) is 19.2 Å². The molecule has 0 radical (unpaired) electrons. The summed E-state index contributed by atoms with van der Waals surface area (Å²) < 4.78 is 4.55. The molecule has 0 N–H and O–H groups in total. The van der Waals surface area contributed by atoms with Crippen molar-refractivity contribution in [3.8, 4) is 0 Å². The minimum Gasteiger partial charge on any atom is -0.468 e. The van der Waals surface area contributed by atoms with Crippen LogP contribution in [0.2, 0.25) is 5.02 Å². The average Bonchev–Trinajstić information content (AvgIpc) is 2.27. The van der Waals surface area contributed by atoms with E-state index in [1.54, 1.807) is 6.07 Å². The minimum absolute atomic E-state index is 0.0528. The zero-order chi connectivity index (χ0) is 13.0. The number of rotatable bonds is 4. The van der Waals surface area contributed by atoms with Crippen LogP contribution < -0.4 is 0 Å². The summed E-state index contributed by atoms with van der Waals surface area (Å²) in [6.45, 7) is 0. The molecular weight excluding hydrogens is 313 g/mol. The quantitative estimate of drug-likeness (QED) is 0.370. The second kappa shape index (κ2) is 5.97. The molecule has 92 valence electrons. The van der Waals surface area contributed by atoms with Crippen LogP contribution in [-0.4, -0.2) is 22.8 Å². The lowest BCUT2D eigenvalue weighted by atomic mass is 10.1. The Morgan fingerprint density at radius 2 is 2.29 bits per heavy atom. The van der Waals surface area contributed by atoms with Gasteiger partial charge in [0.1, 0.15) is 9.85 Å². The van der Waals surface area contributed by atoms with Crippen molar-refractivity contribution in [3.63, 3.8) is 0 Å². The Morgan fingerprint density at radius 3 is 2.76 bits per heavy atom. The molecule has 0 heterocycles. The Kier molecular flexibility index (Phi) is 4.89. The van der Waals surface area contributed by atoms with Crippen molar-refractivity contribution in [1.29, 1.82) is 0 Å². The van der Waals surface area contributed by atoms with Crippen molar-refractivity contribution in [2.45, 2.75) is 11.2 Å². The summed E-state index contributed by atoms with van der Waals surface area (Å²) in [6.07, 6.45) is 0.352. The van der Waals surface area contributed by atoms with Gasteiger partial charge in [0.15, 0.2) is 0 Å². The highest BCUT2D eigenvalue weighted by atomic mass is 79.9. The number of carbonyl (C=O) groups is 1. The Morgan fingerprint density at radius 1 is 1.65 bits per heavy atom. The Balaban J connectivity index is 2.84. The zero-order valence-corrected chi connectivity index (χ0v) is 11.2. The van der Waals surface area contributed by atoms with Gasteiger partial charge in [0.25, 0.3) is 5.69 Å². The van der Waals surface area contributed by atoms with Gasteiger partial charge in [-0.1, -0.05) is 33.6 Å².